The fourth-order valence-corrected chi connectivity index (χ4v) is 3.50. The van der Waals surface area contributed by atoms with Crippen LogP contribution in [0.1, 0.15) is 16.7 Å². The quantitative estimate of drug-likeness (QED) is 0.413. The molecule has 4 aromatic rings. The Morgan fingerprint density at radius 1 is 0.500 bits per heavy atom. The molecule has 0 aliphatic heterocycles. The van der Waals surface area contributed by atoms with Gasteiger partial charge in [0.05, 0.1) is 13.2 Å². The highest BCUT2D eigenvalue weighted by molar-refractivity contribution is 5.78. The Bertz CT molecular complexity index is 1040. The molecule has 0 saturated carbocycles. The van der Waals surface area contributed by atoms with Crippen molar-refractivity contribution >= 4 is 17.1 Å². The number of benzene rings is 4. The molecule has 0 spiro atoms. The van der Waals surface area contributed by atoms with Crippen molar-refractivity contribution in [3.8, 4) is 11.1 Å². The number of nitrogens with zero attached hydrogens (tertiary/aromatic N) is 1. The minimum atomic E-state index is 0.0245. The number of anilines is 3. The van der Waals surface area contributed by atoms with E-state index >= 15 is 0 Å². The van der Waals surface area contributed by atoms with E-state index in [0.717, 1.165) is 28.2 Å². The van der Waals surface area contributed by atoms with Crippen LogP contribution < -0.4 is 4.90 Å². The molecule has 0 bridgehead atoms. The third-order valence-electron chi connectivity index (χ3n) is 5.26. The van der Waals surface area contributed by atoms with Crippen molar-refractivity contribution in [1.82, 2.24) is 0 Å². The van der Waals surface area contributed by atoms with E-state index in [1.807, 2.05) is 48.5 Å². The molecule has 0 saturated heterocycles. The lowest BCUT2D eigenvalue weighted by molar-refractivity contribution is 0.281. The lowest BCUT2D eigenvalue weighted by Crippen LogP contribution is -2.10. The Balaban J connectivity index is 1.73. The van der Waals surface area contributed by atoms with Crippen LogP contribution in [0, 0.1) is 6.92 Å². The van der Waals surface area contributed by atoms with Gasteiger partial charge < -0.3 is 15.1 Å². The fourth-order valence-electron chi connectivity index (χ4n) is 3.50. The van der Waals surface area contributed by atoms with Gasteiger partial charge in [0.1, 0.15) is 0 Å². The third-order valence-corrected chi connectivity index (χ3v) is 5.26. The van der Waals surface area contributed by atoms with Crippen molar-refractivity contribution in [2.75, 3.05) is 4.90 Å². The van der Waals surface area contributed by atoms with Crippen LogP contribution in [0.2, 0.25) is 0 Å². The van der Waals surface area contributed by atoms with E-state index in [1.165, 1.54) is 16.7 Å². The van der Waals surface area contributed by atoms with Crippen molar-refractivity contribution < 1.29 is 10.2 Å². The molecular weight excluding hydrogens is 370 g/mol. The van der Waals surface area contributed by atoms with Crippen LogP contribution in [-0.4, -0.2) is 10.2 Å². The number of hydrogen-bond acceptors (Lipinski definition) is 3. The molecule has 4 aromatic carbocycles. The van der Waals surface area contributed by atoms with Crippen LogP contribution in [-0.2, 0) is 13.2 Å². The second kappa shape index (κ2) is 8.95. The Morgan fingerprint density at radius 2 is 0.833 bits per heavy atom. The molecule has 0 heterocycles. The molecule has 0 aromatic heterocycles. The average molecular weight is 396 g/mol. The van der Waals surface area contributed by atoms with Gasteiger partial charge in [-0.25, -0.2) is 0 Å². The summed E-state index contributed by atoms with van der Waals surface area (Å²) in [6.45, 7) is 2.14. The highest BCUT2D eigenvalue weighted by Crippen LogP contribution is 2.35. The Kier molecular flexibility index (Phi) is 5.94. The second-order valence-electron chi connectivity index (χ2n) is 7.40. The third kappa shape index (κ3) is 4.28. The first kappa shape index (κ1) is 19.9. The van der Waals surface area contributed by atoms with Crippen molar-refractivity contribution in [3.63, 3.8) is 0 Å². The van der Waals surface area contributed by atoms with E-state index in [-0.39, 0.29) is 13.2 Å². The molecule has 0 aliphatic carbocycles. The molecule has 3 nitrogen and oxygen atoms in total. The number of hydrogen-bond donors (Lipinski definition) is 2. The van der Waals surface area contributed by atoms with Crippen LogP contribution >= 0.6 is 0 Å². The first-order valence-corrected chi connectivity index (χ1v) is 10.0. The molecule has 0 fully saturated rings. The fraction of sp³-hybridized carbons (Fsp3) is 0.111. The molecule has 0 unspecified atom stereocenters. The van der Waals surface area contributed by atoms with Crippen LogP contribution in [0.5, 0.6) is 0 Å². The lowest BCUT2D eigenvalue weighted by Gasteiger charge is -2.26. The van der Waals surface area contributed by atoms with Gasteiger partial charge >= 0.3 is 0 Å². The molecule has 0 aliphatic rings. The van der Waals surface area contributed by atoms with E-state index in [1.54, 1.807) is 0 Å². The minimum absolute atomic E-state index is 0.0245. The second-order valence-corrected chi connectivity index (χ2v) is 7.40. The van der Waals surface area contributed by atoms with Crippen molar-refractivity contribution in [2.45, 2.75) is 20.1 Å². The van der Waals surface area contributed by atoms with Gasteiger partial charge in [-0.05, 0) is 65.6 Å². The summed E-state index contributed by atoms with van der Waals surface area (Å²) in [4.78, 5) is 2.17. The van der Waals surface area contributed by atoms with E-state index in [0.29, 0.717) is 0 Å². The SMILES string of the molecule is Cc1ccc(-c2ccc(N(c3ccc(CO)cc3)c3ccc(CO)cc3)cc2)cc1. The van der Waals surface area contributed by atoms with Gasteiger partial charge in [0.2, 0.25) is 0 Å². The van der Waals surface area contributed by atoms with Gasteiger partial charge in [-0.3, -0.25) is 0 Å². The summed E-state index contributed by atoms with van der Waals surface area (Å²) in [6.07, 6.45) is 0. The van der Waals surface area contributed by atoms with Gasteiger partial charge in [-0.2, -0.15) is 0 Å². The molecule has 0 radical (unpaired) electrons. The summed E-state index contributed by atoms with van der Waals surface area (Å²) in [6, 6.07) is 32.8. The van der Waals surface area contributed by atoms with Crippen LogP contribution in [0.15, 0.2) is 97.1 Å². The van der Waals surface area contributed by atoms with Crippen LogP contribution in [0.4, 0.5) is 17.1 Å². The summed E-state index contributed by atoms with van der Waals surface area (Å²) in [5.41, 5.74) is 8.42. The highest BCUT2D eigenvalue weighted by atomic mass is 16.3. The summed E-state index contributed by atoms with van der Waals surface area (Å²) in [7, 11) is 0. The summed E-state index contributed by atoms with van der Waals surface area (Å²) >= 11 is 0. The maximum Gasteiger partial charge on any atom is 0.0681 e. The molecular formula is C27H25NO2. The van der Waals surface area contributed by atoms with Crippen molar-refractivity contribution in [3.05, 3.63) is 114 Å². The monoisotopic (exact) mass is 395 g/mol. The van der Waals surface area contributed by atoms with E-state index in [9.17, 15) is 10.2 Å². The van der Waals surface area contributed by atoms with Gasteiger partial charge in [0.25, 0.3) is 0 Å². The summed E-state index contributed by atoms with van der Waals surface area (Å²) < 4.78 is 0. The maximum absolute atomic E-state index is 9.38. The minimum Gasteiger partial charge on any atom is -0.392 e. The zero-order valence-electron chi connectivity index (χ0n) is 17.0. The summed E-state index contributed by atoms with van der Waals surface area (Å²) in [5.74, 6) is 0. The Labute approximate surface area is 177 Å². The Morgan fingerprint density at radius 3 is 1.20 bits per heavy atom. The zero-order chi connectivity index (χ0) is 20.9. The van der Waals surface area contributed by atoms with Crippen molar-refractivity contribution in [2.24, 2.45) is 0 Å². The number of aliphatic hydroxyl groups excluding tert-OH is 2. The Hall–Kier alpha value is -3.40. The number of aryl methyl sites for hydroxylation is 1. The topological polar surface area (TPSA) is 43.7 Å². The zero-order valence-corrected chi connectivity index (χ0v) is 17.0. The van der Waals surface area contributed by atoms with E-state index < -0.39 is 0 Å². The molecule has 0 amide bonds. The van der Waals surface area contributed by atoms with E-state index in [2.05, 4.69) is 60.4 Å². The maximum atomic E-state index is 9.38. The van der Waals surface area contributed by atoms with Crippen LogP contribution in [0.3, 0.4) is 0 Å². The largest absolute Gasteiger partial charge is 0.392 e. The summed E-state index contributed by atoms with van der Waals surface area (Å²) in [5, 5.41) is 18.8. The van der Waals surface area contributed by atoms with Gasteiger partial charge in [-0.1, -0.05) is 66.2 Å². The van der Waals surface area contributed by atoms with Crippen LogP contribution in [0.25, 0.3) is 11.1 Å². The van der Waals surface area contributed by atoms with Gasteiger partial charge in [0.15, 0.2) is 0 Å². The predicted molar refractivity (Wildman–Crippen MR) is 123 cm³/mol. The highest BCUT2D eigenvalue weighted by Gasteiger charge is 2.13. The van der Waals surface area contributed by atoms with Gasteiger partial charge in [0, 0.05) is 17.1 Å². The first-order valence-electron chi connectivity index (χ1n) is 10.0. The first-order chi connectivity index (χ1) is 14.7. The average Bonchev–Trinajstić information content (AvgIpc) is 2.81. The van der Waals surface area contributed by atoms with Gasteiger partial charge in [-0.15, -0.1) is 0 Å². The molecule has 3 heteroatoms. The van der Waals surface area contributed by atoms with E-state index in [4.69, 9.17) is 0 Å². The predicted octanol–water partition coefficient (Wildman–Crippen LogP) is 6.12. The number of rotatable bonds is 6. The van der Waals surface area contributed by atoms with Crippen molar-refractivity contribution in [1.29, 1.82) is 0 Å². The smallest absolute Gasteiger partial charge is 0.0681 e. The number of aliphatic hydroxyl groups is 2. The molecule has 30 heavy (non-hydrogen) atoms. The molecule has 4 rings (SSSR count). The normalized spacial score (nSPS) is 10.8. The molecule has 2 N–H and O–H groups in total. The molecule has 0 atom stereocenters. The lowest BCUT2D eigenvalue weighted by atomic mass is 10.0. The molecule has 150 valence electrons. The standard InChI is InChI=1S/C27H25NO2/c1-20-2-8-23(9-3-20)24-10-16-27(17-11-24)28(25-12-4-21(18-29)5-13-25)26-14-6-22(19-30)7-15-26/h2-17,29-30H,18-19H2,1H3.